The first kappa shape index (κ1) is 13.4. The van der Waals surface area contributed by atoms with E-state index in [0.717, 1.165) is 0 Å². The fourth-order valence-electron chi connectivity index (χ4n) is 1.42. The van der Waals surface area contributed by atoms with Crippen molar-refractivity contribution in [2.24, 2.45) is 0 Å². The first-order valence-electron chi connectivity index (χ1n) is 4.95. The van der Waals surface area contributed by atoms with Crippen molar-refractivity contribution in [3.05, 3.63) is 5.82 Å². The molecule has 0 saturated carbocycles. The predicted molar refractivity (Wildman–Crippen MR) is 62.1 cm³/mol. The van der Waals surface area contributed by atoms with Crippen LogP contribution in [0.25, 0.3) is 0 Å². The van der Waals surface area contributed by atoms with Gasteiger partial charge in [0.05, 0.1) is 0 Å². The summed E-state index contributed by atoms with van der Waals surface area (Å²) >= 11 is 0. The van der Waals surface area contributed by atoms with Crippen LogP contribution in [0.2, 0.25) is 0 Å². The van der Waals surface area contributed by atoms with Crippen LogP contribution in [0, 0.1) is 0 Å². The number of halogens is 1. The van der Waals surface area contributed by atoms with Crippen LogP contribution in [-0.4, -0.2) is 23.2 Å². The normalized spacial score (nSPS) is 13.4. The molecule has 0 bridgehead atoms. The van der Waals surface area contributed by atoms with Gasteiger partial charge in [-0.25, -0.2) is 8.42 Å². The minimum atomic E-state index is -3.86. The Morgan fingerprint density at radius 1 is 1.25 bits per heavy atom. The molecular formula is C9H16ClN3O2S. The van der Waals surface area contributed by atoms with Gasteiger partial charge < -0.3 is 0 Å². The smallest absolute Gasteiger partial charge is 0.296 e. The molecule has 0 atom stereocenters. The van der Waals surface area contributed by atoms with E-state index in [9.17, 15) is 8.42 Å². The molecule has 0 radical (unpaired) electrons. The molecule has 0 N–H and O–H groups in total. The first-order valence-corrected chi connectivity index (χ1v) is 7.26. The van der Waals surface area contributed by atoms with Crippen molar-refractivity contribution < 1.29 is 8.42 Å². The summed E-state index contributed by atoms with van der Waals surface area (Å²) in [6.07, 6.45) is 0. The lowest BCUT2D eigenvalue weighted by atomic mass is 9.95. The van der Waals surface area contributed by atoms with Crippen molar-refractivity contribution in [2.45, 2.75) is 51.2 Å². The summed E-state index contributed by atoms with van der Waals surface area (Å²) in [7, 11) is 1.46. The lowest BCUT2D eigenvalue weighted by Gasteiger charge is -2.21. The molecule has 5 nitrogen and oxygen atoms in total. The molecule has 0 fully saturated rings. The van der Waals surface area contributed by atoms with Gasteiger partial charge in [0.25, 0.3) is 14.2 Å². The number of aromatic nitrogens is 3. The highest BCUT2D eigenvalue weighted by molar-refractivity contribution is 8.13. The summed E-state index contributed by atoms with van der Waals surface area (Å²) in [4.78, 5) is 0. The van der Waals surface area contributed by atoms with E-state index in [1.165, 1.54) is 0 Å². The highest BCUT2D eigenvalue weighted by Crippen LogP contribution is 2.27. The highest BCUT2D eigenvalue weighted by Gasteiger charge is 2.29. The number of nitrogens with zero attached hydrogens (tertiary/aromatic N) is 3. The summed E-state index contributed by atoms with van der Waals surface area (Å²) in [6, 6.07) is -0.0623. The molecule has 0 saturated heterocycles. The second-order valence-electron chi connectivity index (χ2n) is 4.96. The van der Waals surface area contributed by atoms with Crippen LogP contribution < -0.4 is 0 Å². The first-order chi connectivity index (χ1) is 7.05. The Bertz CT molecular complexity index is 485. The summed E-state index contributed by atoms with van der Waals surface area (Å²) < 4.78 is 24.2. The molecule has 1 heterocycles. The third-order valence-corrected chi connectivity index (χ3v) is 3.20. The Morgan fingerprint density at radius 2 is 1.75 bits per heavy atom. The molecule has 0 aliphatic heterocycles. The van der Waals surface area contributed by atoms with E-state index in [-0.39, 0.29) is 16.6 Å². The molecule has 0 unspecified atom stereocenters. The zero-order chi connectivity index (χ0) is 12.7. The SMILES string of the molecule is CC(C)n1c(C(C)(C)C)nnc1S(=O)(=O)Cl. The van der Waals surface area contributed by atoms with E-state index in [0.29, 0.717) is 5.82 Å². The molecule has 0 aliphatic rings. The summed E-state index contributed by atoms with van der Waals surface area (Å²) in [5, 5.41) is 7.41. The average molecular weight is 266 g/mol. The Morgan fingerprint density at radius 3 is 2.06 bits per heavy atom. The molecule has 0 spiro atoms. The van der Waals surface area contributed by atoms with Gasteiger partial charge in [0.2, 0.25) is 0 Å². The lowest BCUT2D eigenvalue weighted by Crippen LogP contribution is -2.21. The van der Waals surface area contributed by atoms with Crippen molar-refractivity contribution in [3.63, 3.8) is 0 Å². The van der Waals surface area contributed by atoms with E-state index in [4.69, 9.17) is 10.7 Å². The number of rotatable bonds is 2. The van der Waals surface area contributed by atoms with Gasteiger partial charge in [0.15, 0.2) is 0 Å². The van der Waals surface area contributed by atoms with Crippen LogP contribution in [0.5, 0.6) is 0 Å². The maximum absolute atomic E-state index is 11.3. The highest BCUT2D eigenvalue weighted by atomic mass is 35.7. The predicted octanol–water partition coefficient (Wildman–Crippen LogP) is 2.08. The van der Waals surface area contributed by atoms with E-state index < -0.39 is 9.05 Å². The van der Waals surface area contributed by atoms with Crippen molar-refractivity contribution in [3.8, 4) is 0 Å². The van der Waals surface area contributed by atoms with Crippen LogP contribution in [0.1, 0.15) is 46.5 Å². The van der Waals surface area contributed by atoms with Gasteiger partial charge in [-0.15, -0.1) is 10.2 Å². The Labute approximate surface area is 100 Å². The zero-order valence-corrected chi connectivity index (χ0v) is 11.6. The van der Waals surface area contributed by atoms with Crippen LogP contribution in [0.3, 0.4) is 0 Å². The minimum absolute atomic E-state index is 0.0623. The van der Waals surface area contributed by atoms with Gasteiger partial charge in [-0.1, -0.05) is 20.8 Å². The van der Waals surface area contributed by atoms with Gasteiger partial charge in [0.1, 0.15) is 5.82 Å². The van der Waals surface area contributed by atoms with Gasteiger partial charge in [-0.3, -0.25) is 4.57 Å². The van der Waals surface area contributed by atoms with E-state index >= 15 is 0 Å². The second kappa shape index (κ2) is 4.00. The van der Waals surface area contributed by atoms with Crippen molar-refractivity contribution >= 4 is 19.7 Å². The molecule has 92 valence electrons. The van der Waals surface area contributed by atoms with Crippen molar-refractivity contribution in [2.75, 3.05) is 0 Å². The topological polar surface area (TPSA) is 64.8 Å². The largest absolute Gasteiger partial charge is 0.298 e. The maximum Gasteiger partial charge on any atom is 0.296 e. The zero-order valence-electron chi connectivity index (χ0n) is 10.0. The molecular weight excluding hydrogens is 250 g/mol. The molecule has 1 aromatic heterocycles. The molecule has 1 aromatic rings. The fourth-order valence-corrected chi connectivity index (χ4v) is 2.41. The molecule has 0 amide bonds. The Balaban J connectivity index is 3.53. The summed E-state index contributed by atoms with van der Waals surface area (Å²) in [5.41, 5.74) is -0.281. The van der Waals surface area contributed by atoms with E-state index in [1.54, 1.807) is 4.57 Å². The quantitative estimate of drug-likeness (QED) is 0.768. The van der Waals surface area contributed by atoms with Gasteiger partial charge >= 0.3 is 0 Å². The molecule has 16 heavy (non-hydrogen) atoms. The molecule has 0 aromatic carbocycles. The van der Waals surface area contributed by atoms with Gasteiger partial charge in [-0.05, 0) is 13.8 Å². The molecule has 1 rings (SSSR count). The Hall–Kier alpha value is -0.620. The van der Waals surface area contributed by atoms with E-state index in [2.05, 4.69) is 10.2 Å². The van der Waals surface area contributed by atoms with E-state index in [1.807, 2.05) is 34.6 Å². The summed E-state index contributed by atoms with van der Waals surface area (Å²) in [6.45, 7) is 9.57. The minimum Gasteiger partial charge on any atom is -0.298 e. The van der Waals surface area contributed by atoms with Crippen molar-refractivity contribution in [1.82, 2.24) is 14.8 Å². The fraction of sp³-hybridized carbons (Fsp3) is 0.778. The average Bonchev–Trinajstić information content (AvgIpc) is 2.43. The van der Waals surface area contributed by atoms with Crippen LogP contribution in [0.15, 0.2) is 5.16 Å². The molecule has 7 heteroatoms. The monoisotopic (exact) mass is 265 g/mol. The number of hydrogen-bond acceptors (Lipinski definition) is 4. The molecule has 0 aliphatic carbocycles. The van der Waals surface area contributed by atoms with Crippen molar-refractivity contribution in [1.29, 1.82) is 0 Å². The third kappa shape index (κ3) is 2.55. The van der Waals surface area contributed by atoms with Gasteiger partial charge in [-0.2, -0.15) is 0 Å². The van der Waals surface area contributed by atoms with Crippen LogP contribution >= 0.6 is 10.7 Å². The summed E-state index contributed by atoms with van der Waals surface area (Å²) in [5.74, 6) is 0.613. The number of hydrogen-bond donors (Lipinski definition) is 0. The standard InChI is InChI=1S/C9H16ClN3O2S/c1-6(2)13-7(9(3,4)5)11-12-8(13)16(10,14)15/h6H,1-5H3. The van der Waals surface area contributed by atoms with Crippen LogP contribution in [-0.2, 0) is 14.5 Å². The third-order valence-electron chi connectivity index (χ3n) is 2.07. The Kier molecular flexibility index (Phi) is 3.36. The van der Waals surface area contributed by atoms with Crippen LogP contribution in [0.4, 0.5) is 0 Å². The van der Waals surface area contributed by atoms with Gasteiger partial charge in [0, 0.05) is 22.1 Å². The second-order valence-corrected chi connectivity index (χ2v) is 7.42. The maximum atomic E-state index is 11.3. The lowest BCUT2D eigenvalue weighted by molar-refractivity contribution is 0.445.